The van der Waals surface area contributed by atoms with Crippen molar-refractivity contribution in [3.05, 3.63) is 177 Å². The van der Waals surface area contributed by atoms with Crippen LogP contribution in [0.25, 0.3) is 0 Å². The number of halogens is 24. The Morgan fingerprint density at radius 2 is 0.649 bits per heavy atom. The van der Waals surface area contributed by atoms with Crippen LogP contribution >= 0.6 is 0 Å². The highest BCUT2D eigenvalue weighted by atomic mass is 19.4. The Morgan fingerprint density at radius 3 is 0.878 bits per heavy atom. The van der Waals surface area contributed by atoms with Crippen LogP contribution in [0.2, 0.25) is 0 Å². The third-order valence-electron chi connectivity index (χ3n) is 11.2. The predicted molar refractivity (Wildman–Crippen MR) is 219 cm³/mol. The van der Waals surface area contributed by atoms with E-state index in [-0.39, 0.29) is 0 Å². The van der Waals surface area contributed by atoms with Gasteiger partial charge in [0.05, 0.1) is 56.9 Å². The van der Waals surface area contributed by atoms with Gasteiger partial charge in [-0.05, 0) is 30.2 Å². The van der Waals surface area contributed by atoms with E-state index in [0.29, 0.717) is 5.92 Å². The fourth-order valence-electron chi connectivity index (χ4n) is 8.01. The fourth-order valence-corrected chi connectivity index (χ4v) is 8.01. The first kappa shape index (κ1) is 58.5. The average molecular weight is 1090 g/mol. The molecule has 0 saturated heterocycles. The van der Waals surface area contributed by atoms with Crippen LogP contribution in [0.1, 0.15) is 69.6 Å². The van der Waals surface area contributed by atoms with E-state index in [1.54, 1.807) is 0 Å². The summed E-state index contributed by atoms with van der Waals surface area (Å²) in [4.78, 5) is 4.22. The lowest BCUT2D eigenvalue weighted by Crippen LogP contribution is -2.75. The second-order valence-electron chi connectivity index (χ2n) is 17.0. The van der Waals surface area contributed by atoms with Gasteiger partial charge in [0.25, 0.3) is 0 Å². The minimum absolute atomic E-state index is 0.654. The molecule has 6 rings (SSSR count). The summed E-state index contributed by atoms with van der Waals surface area (Å²) in [6.45, 7) is 5.39. The van der Waals surface area contributed by atoms with Gasteiger partial charge in [-0.25, -0.2) is 0 Å². The molecule has 1 aromatic heterocycles. The lowest BCUT2D eigenvalue weighted by Gasteiger charge is -2.46. The van der Waals surface area contributed by atoms with Crippen molar-refractivity contribution in [1.29, 1.82) is 0 Å². The van der Waals surface area contributed by atoms with Crippen LogP contribution < -0.4 is 26.4 Å². The molecular weight excluding hydrogens is 1060 g/mol. The van der Waals surface area contributed by atoms with Crippen LogP contribution in [0.15, 0.2) is 122 Å². The molecule has 0 N–H and O–H groups in total. The highest BCUT2D eigenvalue weighted by molar-refractivity contribution is 7.20. The molecule has 0 atom stereocenters. The summed E-state index contributed by atoms with van der Waals surface area (Å²) in [6, 6.07) is 1.72. The largest absolute Gasteiger partial charge is 0.416 e. The topological polar surface area (TPSA) is 16.8 Å². The van der Waals surface area contributed by atoms with Gasteiger partial charge in [-0.1, -0.05) is 92.7 Å². The smallest absolute Gasteiger partial charge is 0.252 e. The molecule has 74 heavy (non-hydrogen) atoms. The second-order valence-corrected chi connectivity index (χ2v) is 17.0. The fraction of sp³-hybridized carbons (Fsp3) is 0.277. The number of hydrogen-bond donors (Lipinski definition) is 0. The minimum atomic E-state index is -6.13. The van der Waals surface area contributed by atoms with E-state index in [2.05, 4.69) is 59.9 Å². The molecule has 0 unspecified atom stereocenters. The number of alkyl halides is 24. The Labute approximate surface area is 402 Å². The van der Waals surface area contributed by atoms with Gasteiger partial charge in [0.15, 0.2) is 18.4 Å². The summed E-state index contributed by atoms with van der Waals surface area (Å²) in [5.41, 5.74) is -27.6. The molecule has 0 aliphatic carbocycles. The molecule has 0 radical (unpaired) electrons. The molecule has 0 saturated carbocycles. The van der Waals surface area contributed by atoms with Gasteiger partial charge >= 0.3 is 49.4 Å². The Morgan fingerprint density at radius 1 is 0.392 bits per heavy atom. The Kier molecular flexibility index (Phi) is 16.1. The van der Waals surface area contributed by atoms with Crippen LogP contribution in [0.3, 0.4) is 0 Å². The van der Waals surface area contributed by atoms with E-state index in [1.165, 1.54) is 11.3 Å². The van der Waals surface area contributed by atoms with Crippen molar-refractivity contribution in [2.75, 3.05) is 0 Å². The van der Waals surface area contributed by atoms with Crippen LogP contribution in [0.5, 0.6) is 0 Å². The molecule has 6 aromatic rings. The van der Waals surface area contributed by atoms with Crippen molar-refractivity contribution in [2.24, 2.45) is 5.92 Å². The lowest BCUT2D eigenvalue weighted by molar-refractivity contribution is -0.696. The van der Waals surface area contributed by atoms with Crippen molar-refractivity contribution < 1.29 is 110 Å². The number of rotatable bonds is 8. The monoisotopic (exact) mass is 1090 g/mol. The maximum atomic E-state index is 14.2. The Bertz CT molecular complexity index is 2480. The molecule has 0 amide bonds. The molecule has 0 bridgehead atoms. The molecule has 27 heteroatoms. The molecule has 0 aliphatic heterocycles. The van der Waals surface area contributed by atoms with Gasteiger partial charge in [-0.15, -0.1) is 0 Å². The van der Waals surface area contributed by atoms with Gasteiger partial charge in [0.2, 0.25) is 0 Å². The van der Waals surface area contributed by atoms with E-state index in [0.717, 1.165) is 13.0 Å². The van der Waals surface area contributed by atoms with Crippen molar-refractivity contribution in [3.8, 4) is 0 Å². The zero-order valence-corrected chi connectivity index (χ0v) is 37.1. The summed E-state index contributed by atoms with van der Waals surface area (Å²) in [5, 5.41) is 0. The van der Waals surface area contributed by atoms with E-state index in [9.17, 15) is 105 Å². The van der Waals surface area contributed by atoms with Crippen LogP contribution in [-0.4, -0.2) is 11.1 Å². The van der Waals surface area contributed by atoms with E-state index in [4.69, 9.17) is 0 Å². The summed E-state index contributed by atoms with van der Waals surface area (Å²) in [7, 11) is 0. The molecule has 0 fully saturated rings. The van der Waals surface area contributed by atoms with Gasteiger partial charge < -0.3 is 0 Å². The normalized spacial score (nSPS) is 13.5. The maximum absolute atomic E-state index is 14.2. The van der Waals surface area contributed by atoms with Gasteiger partial charge in [-0.3, -0.25) is 4.98 Å². The average Bonchev–Trinajstić information content (AvgIpc) is 3.25. The van der Waals surface area contributed by atoms with Crippen molar-refractivity contribution in [1.82, 2.24) is 4.98 Å². The first-order valence-corrected chi connectivity index (χ1v) is 20.7. The quantitative estimate of drug-likeness (QED) is 0.0843. The Balaban J connectivity index is 0.000000500. The predicted octanol–water partition coefficient (Wildman–Crippen LogP) is 13.8. The van der Waals surface area contributed by atoms with Crippen LogP contribution in [-0.2, 0) is 62.4 Å². The van der Waals surface area contributed by atoms with Gasteiger partial charge in [0.1, 0.15) is 6.15 Å². The van der Waals surface area contributed by atoms with Gasteiger partial charge in [-0.2, -0.15) is 132 Å². The highest BCUT2D eigenvalue weighted by Gasteiger charge is 2.47. The third-order valence-corrected chi connectivity index (χ3v) is 11.2. The minimum Gasteiger partial charge on any atom is -0.252 e. The van der Waals surface area contributed by atoms with Crippen molar-refractivity contribution in [2.45, 2.75) is 76.2 Å². The zero-order valence-electron chi connectivity index (χ0n) is 37.1. The summed E-state index contributed by atoms with van der Waals surface area (Å²) in [5.74, 6) is 0.654. The first-order chi connectivity index (χ1) is 33.5. The number of aromatic nitrogens is 2. The molecule has 1 heterocycles. The van der Waals surface area contributed by atoms with E-state index in [1.807, 2.05) is 12.4 Å². The summed E-state index contributed by atoms with van der Waals surface area (Å²) in [6.07, 6.45) is -47.8. The van der Waals surface area contributed by atoms with Crippen LogP contribution in [0.4, 0.5) is 105 Å². The summed E-state index contributed by atoms with van der Waals surface area (Å²) < 4.78 is 343. The van der Waals surface area contributed by atoms with Crippen molar-refractivity contribution >= 4 is 28.0 Å². The number of nitrogens with zero attached hydrogens (tertiary/aromatic N) is 2. The Hall–Kier alpha value is -6.44. The molecule has 0 spiro atoms. The van der Waals surface area contributed by atoms with Crippen LogP contribution in [0, 0.1) is 5.92 Å². The molecule has 0 aliphatic rings. The first-order valence-electron chi connectivity index (χ1n) is 20.7. The summed E-state index contributed by atoms with van der Waals surface area (Å²) >= 11 is 0. The molecule has 5 aromatic carbocycles. The van der Waals surface area contributed by atoms with E-state index >= 15 is 0 Å². The molecule has 400 valence electrons. The van der Waals surface area contributed by atoms with E-state index < -0.39 is 195 Å². The SMILES string of the molecule is CC(C)Cc1cncc[n+]1Cc1ccccc1.FC(F)(F)c1cc([B-](c2cc(C(F)(F)F)cc(C(F)(F)F)c2)(c2cc(C(F)(F)F)cc(C(F)(F)F)c2)c2cc(C(F)(F)F)cc(C(F)(F)F)c2)cc(C(F)(F)F)c1. The number of hydrogen-bond acceptors (Lipinski definition) is 1. The number of benzene rings is 5. The molecular formula is C47H31BF24N2. The second kappa shape index (κ2) is 20.4. The zero-order chi connectivity index (χ0) is 56.0. The maximum Gasteiger partial charge on any atom is 0.416 e. The third kappa shape index (κ3) is 13.8. The van der Waals surface area contributed by atoms with Gasteiger partial charge in [0, 0.05) is 12.0 Å². The standard InChI is InChI=1S/C32H12BF24.C15H19N2/c34-25(35,36)13-1-14(26(37,38)39)6-21(5-13)33(22-7-15(27(40,41)42)2-16(8-22)28(43,44)45,23-9-17(29(46,47)48)3-18(10-23)30(49,50)51)24-11-19(31(52,53)54)4-20(12-24)32(55,56)57;1-13(2)10-15-11-16-8-9-17(15)12-14-6-4-3-5-7-14/h1-12H;3-9,11,13H,10,12H2,1-2H3/q-1;+1. The molecule has 2 nitrogen and oxygen atoms in total. The van der Waals surface area contributed by atoms with Crippen molar-refractivity contribution in [3.63, 3.8) is 0 Å². The highest BCUT2D eigenvalue weighted by Crippen LogP contribution is 2.41. The lowest BCUT2D eigenvalue weighted by atomic mass is 9.12.